The molecule has 3 aromatic carbocycles. The van der Waals surface area contributed by atoms with Gasteiger partial charge in [0.1, 0.15) is 4.90 Å². The fraction of sp³-hybridized carbons (Fsp3) is 0.0357. The molecule has 5 N–H and O–H groups in total. The molecule has 1 aliphatic rings. The average Bonchev–Trinajstić information content (AvgIpc) is 2.93. The Balaban J connectivity index is 1.49. The Morgan fingerprint density at radius 1 is 0.780 bits per heavy atom. The monoisotopic (exact) mass is 592 g/mol. The molecule has 1 unspecified atom stereocenters. The molecule has 210 valence electrons. The largest absolute Gasteiger partial charge is 0.323 e. The minimum absolute atomic E-state index is 0.0566. The van der Waals surface area contributed by atoms with E-state index in [0.29, 0.717) is 11.4 Å². The van der Waals surface area contributed by atoms with E-state index in [1.165, 1.54) is 42.5 Å². The van der Waals surface area contributed by atoms with Gasteiger partial charge >= 0.3 is 12.1 Å². The van der Waals surface area contributed by atoms with Crippen LogP contribution in [-0.4, -0.2) is 38.3 Å². The molecular weight excluding hydrogens is 568 g/mol. The predicted molar refractivity (Wildman–Crippen MR) is 158 cm³/mol. The molecule has 1 aliphatic carbocycles. The number of nitrogens with one attached hydrogen (secondary N) is 4. The van der Waals surface area contributed by atoms with Crippen molar-refractivity contribution in [1.82, 2.24) is 5.32 Å². The molecule has 0 saturated heterocycles. The molecule has 13 heteroatoms. The average molecular weight is 593 g/mol. The molecular formula is C28H24N4O7S2. The molecule has 0 aliphatic heterocycles. The van der Waals surface area contributed by atoms with Gasteiger partial charge in [0.2, 0.25) is 10.3 Å². The number of carbonyl (C=O) groups is 2. The van der Waals surface area contributed by atoms with Crippen molar-refractivity contribution < 1.29 is 31.0 Å². The van der Waals surface area contributed by atoms with E-state index < -0.39 is 43.3 Å². The molecule has 0 spiro atoms. The van der Waals surface area contributed by atoms with Crippen LogP contribution in [0.25, 0.3) is 6.08 Å². The van der Waals surface area contributed by atoms with Crippen LogP contribution in [0.3, 0.4) is 0 Å². The Bertz CT molecular complexity index is 1790. The Morgan fingerprint density at radius 2 is 1.34 bits per heavy atom. The smallest absolute Gasteiger partial charge is 0.308 e. The van der Waals surface area contributed by atoms with Gasteiger partial charge < -0.3 is 21.3 Å². The number of benzene rings is 3. The maximum atomic E-state index is 12.3. The first-order valence-corrected chi connectivity index (χ1v) is 14.5. The van der Waals surface area contributed by atoms with Crippen LogP contribution >= 0.6 is 0 Å². The SMILES string of the molecule is O=C(NC1=CC(=S(=O)=O)C(/C=C/c2ccc(NC(=O)Nc3ccccc3)cc2S(=O)(=O)O)C=C1)Nc1ccccc1. The van der Waals surface area contributed by atoms with Crippen LogP contribution < -0.4 is 21.3 Å². The van der Waals surface area contributed by atoms with Crippen LogP contribution in [0.2, 0.25) is 0 Å². The lowest BCUT2D eigenvalue weighted by Crippen LogP contribution is -2.29. The van der Waals surface area contributed by atoms with E-state index in [1.807, 2.05) is 0 Å². The molecule has 4 amide bonds. The van der Waals surface area contributed by atoms with Gasteiger partial charge in [0.05, 0.1) is 4.86 Å². The minimum Gasteiger partial charge on any atom is -0.308 e. The zero-order chi connectivity index (χ0) is 29.4. The molecule has 1 atom stereocenters. The van der Waals surface area contributed by atoms with Gasteiger partial charge in [0, 0.05) is 28.7 Å². The third-order valence-corrected chi connectivity index (χ3v) is 7.34. The van der Waals surface area contributed by atoms with E-state index in [0.717, 1.165) is 6.07 Å². The van der Waals surface area contributed by atoms with E-state index in [1.54, 1.807) is 60.7 Å². The summed E-state index contributed by atoms with van der Waals surface area (Å²) < 4.78 is 57.9. The quantitative estimate of drug-likeness (QED) is 0.198. The molecule has 11 nitrogen and oxygen atoms in total. The highest BCUT2D eigenvalue weighted by Crippen LogP contribution is 2.24. The summed E-state index contributed by atoms with van der Waals surface area (Å²) >= 11 is 0. The number of allylic oxidation sites excluding steroid dienone is 4. The normalized spacial score (nSPS) is 14.7. The van der Waals surface area contributed by atoms with E-state index in [2.05, 4.69) is 21.3 Å². The van der Waals surface area contributed by atoms with Crippen LogP contribution in [0.5, 0.6) is 0 Å². The highest BCUT2D eigenvalue weighted by atomic mass is 32.2. The fourth-order valence-corrected chi connectivity index (χ4v) is 5.12. The number of carbonyl (C=O) groups excluding carboxylic acids is 2. The summed E-state index contributed by atoms with van der Waals surface area (Å²) in [4.78, 5) is 24.0. The molecule has 0 aromatic heterocycles. The molecule has 0 radical (unpaired) electrons. The summed E-state index contributed by atoms with van der Waals surface area (Å²) in [7, 11) is -7.39. The van der Waals surface area contributed by atoms with Gasteiger partial charge in [0.15, 0.2) is 0 Å². The second-order valence-corrected chi connectivity index (χ2v) is 10.9. The molecule has 0 heterocycles. The van der Waals surface area contributed by atoms with Gasteiger partial charge in [-0.2, -0.15) is 16.8 Å². The number of para-hydroxylation sites is 2. The summed E-state index contributed by atoms with van der Waals surface area (Å²) in [5.74, 6) is -0.792. The van der Waals surface area contributed by atoms with E-state index in [4.69, 9.17) is 0 Å². The molecule has 3 aromatic rings. The van der Waals surface area contributed by atoms with Crippen molar-refractivity contribution in [2.75, 3.05) is 16.0 Å². The van der Waals surface area contributed by atoms with Crippen molar-refractivity contribution >= 4 is 60.5 Å². The van der Waals surface area contributed by atoms with Crippen molar-refractivity contribution in [3.8, 4) is 0 Å². The van der Waals surface area contributed by atoms with Gasteiger partial charge in [-0.1, -0.05) is 60.7 Å². The number of hydrogen-bond acceptors (Lipinski definition) is 6. The first kappa shape index (κ1) is 29.0. The molecule has 0 saturated carbocycles. The topological polar surface area (TPSA) is 171 Å². The van der Waals surface area contributed by atoms with Gasteiger partial charge in [-0.3, -0.25) is 4.55 Å². The standard InChI is InChI=1S/C28H24N4O7S2/c33-27(29-21-7-3-1-4-8-21)31-23-15-13-19(25(17-23)40(35)36)11-12-20-14-16-24(18-26(20)41(37,38)39)32-28(34)30-22-9-5-2-6-10-22/h1-19H,(H2,29,31,33)(H2,30,32,34)(H,37,38,39)/b12-11+. The van der Waals surface area contributed by atoms with E-state index in [9.17, 15) is 31.0 Å². The van der Waals surface area contributed by atoms with Gasteiger partial charge in [-0.25, -0.2) is 9.59 Å². The van der Waals surface area contributed by atoms with Crippen molar-refractivity contribution in [2.24, 2.45) is 5.92 Å². The summed E-state index contributed by atoms with van der Waals surface area (Å²) in [6, 6.07) is 19.9. The third kappa shape index (κ3) is 8.25. The lowest BCUT2D eigenvalue weighted by atomic mass is 9.97. The zero-order valence-electron chi connectivity index (χ0n) is 21.2. The highest BCUT2D eigenvalue weighted by Gasteiger charge is 2.19. The van der Waals surface area contributed by atoms with Crippen molar-refractivity contribution in [3.63, 3.8) is 0 Å². The van der Waals surface area contributed by atoms with Crippen molar-refractivity contribution in [3.05, 3.63) is 114 Å². The van der Waals surface area contributed by atoms with Crippen LogP contribution in [0.4, 0.5) is 26.7 Å². The Kier molecular flexibility index (Phi) is 9.14. The van der Waals surface area contributed by atoms with E-state index in [-0.39, 0.29) is 21.8 Å². The fourth-order valence-electron chi connectivity index (χ4n) is 3.81. The Hall–Kier alpha value is -4.98. The number of hydrogen-bond donors (Lipinski definition) is 5. The first-order valence-electron chi connectivity index (χ1n) is 12.0. The Morgan fingerprint density at radius 3 is 1.90 bits per heavy atom. The van der Waals surface area contributed by atoms with Gasteiger partial charge in [0.25, 0.3) is 10.1 Å². The number of amides is 4. The number of anilines is 3. The predicted octanol–water partition coefficient (Wildman–Crippen LogP) is 4.53. The third-order valence-electron chi connectivity index (χ3n) is 5.66. The van der Waals surface area contributed by atoms with Gasteiger partial charge in [-0.05, 0) is 54.1 Å². The summed E-state index contributed by atoms with van der Waals surface area (Å²) in [5.41, 5.74) is 1.45. The second kappa shape index (κ2) is 12.9. The lowest BCUT2D eigenvalue weighted by molar-refractivity contribution is 0.254. The van der Waals surface area contributed by atoms with Crippen LogP contribution in [0.15, 0.2) is 114 Å². The lowest BCUT2D eigenvalue weighted by Gasteiger charge is -2.15. The van der Waals surface area contributed by atoms with Crippen LogP contribution in [0.1, 0.15) is 5.56 Å². The van der Waals surface area contributed by atoms with Crippen LogP contribution in [0, 0.1) is 5.92 Å². The van der Waals surface area contributed by atoms with Crippen LogP contribution in [-0.2, 0) is 20.4 Å². The van der Waals surface area contributed by atoms with Crippen molar-refractivity contribution in [1.29, 1.82) is 0 Å². The zero-order valence-corrected chi connectivity index (χ0v) is 22.8. The van der Waals surface area contributed by atoms with Crippen molar-refractivity contribution in [2.45, 2.75) is 4.90 Å². The highest BCUT2D eigenvalue weighted by molar-refractivity contribution is 7.86. The second-order valence-electron chi connectivity index (χ2n) is 8.60. The maximum Gasteiger partial charge on any atom is 0.323 e. The number of urea groups is 2. The maximum absolute atomic E-state index is 12.3. The minimum atomic E-state index is -4.72. The molecule has 41 heavy (non-hydrogen) atoms. The summed E-state index contributed by atoms with van der Waals surface area (Å²) in [6.45, 7) is 0. The summed E-state index contributed by atoms with van der Waals surface area (Å²) in [6.07, 6.45) is 7.07. The van der Waals surface area contributed by atoms with Gasteiger partial charge in [-0.15, -0.1) is 0 Å². The summed E-state index contributed by atoms with van der Waals surface area (Å²) in [5, 5.41) is 10.3. The molecule has 0 fully saturated rings. The Labute approximate surface area is 237 Å². The first-order chi connectivity index (χ1) is 19.6. The van der Waals surface area contributed by atoms with E-state index >= 15 is 0 Å². The molecule has 0 bridgehead atoms. The number of rotatable bonds is 7. The molecule has 4 rings (SSSR count).